The first-order chi connectivity index (χ1) is 15.3. The third-order valence-corrected chi connectivity index (χ3v) is 5.48. The third-order valence-electron chi connectivity index (χ3n) is 5.48. The van der Waals surface area contributed by atoms with Crippen LogP contribution in [0.2, 0.25) is 0 Å². The molecule has 3 heterocycles. The molecule has 6 heteroatoms. The van der Waals surface area contributed by atoms with Crippen LogP contribution >= 0.6 is 0 Å². The van der Waals surface area contributed by atoms with Crippen molar-refractivity contribution in [3.8, 4) is 5.75 Å². The number of fused-ring (bicyclic) bond motifs is 1. The van der Waals surface area contributed by atoms with Crippen molar-refractivity contribution in [2.45, 2.75) is 25.8 Å². The Kier molecular flexibility index (Phi) is 7.24. The highest BCUT2D eigenvalue weighted by atomic mass is 16.5. The van der Waals surface area contributed by atoms with Crippen molar-refractivity contribution in [3.05, 3.63) is 89.5 Å². The van der Waals surface area contributed by atoms with Crippen molar-refractivity contribution in [2.24, 2.45) is 0 Å². The lowest BCUT2D eigenvalue weighted by Crippen LogP contribution is -2.31. The first-order valence-electron chi connectivity index (χ1n) is 10.8. The number of ether oxygens (including phenoxy) is 1. The number of nitrogens with one attached hydrogen (secondary N) is 1. The minimum absolute atomic E-state index is 0.00756. The zero-order valence-electron chi connectivity index (χ0n) is 17.7. The third kappa shape index (κ3) is 6.12. The molecule has 6 nitrogen and oxygen atoms in total. The van der Waals surface area contributed by atoms with E-state index in [1.54, 1.807) is 0 Å². The summed E-state index contributed by atoms with van der Waals surface area (Å²) in [5.74, 6) is 0.845. The van der Waals surface area contributed by atoms with Crippen LogP contribution in [0.1, 0.15) is 33.5 Å². The lowest BCUT2D eigenvalue weighted by atomic mass is 10.0. The summed E-state index contributed by atoms with van der Waals surface area (Å²) in [4.78, 5) is 22.7. The number of carbonyl (C=O) groups is 1. The maximum atomic E-state index is 11.9. The van der Waals surface area contributed by atoms with Gasteiger partial charge in [0.25, 0.3) is 5.91 Å². The number of amides is 1. The summed E-state index contributed by atoms with van der Waals surface area (Å²) in [6.45, 7) is 4.12. The normalized spacial score (nSPS) is 13.0. The Morgan fingerprint density at radius 1 is 1.00 bits per heavy atom. The Morgan fingerprint density at radius 3 is 2.74 bits per heavy atom. The van der Waals surface area contributed by atoms with Crippen LogP contribution in [0, 0.1) is 0 Å². The van der Waals surface area contributed by atoms with Crippen LogP contribution in [0.4, 0.5) is 0 Å². The van der Waals surface area contributed by atoms with E-state index in [2.05, 4.69) is 38.4 Å². The molecular weight excluding hydrogens is 388 g/mol. The van der Waals surface area contributed by atoms with E-state index in [0.717, 1.165) is 55.8 Å². The van der Waals surface area contributed by atoms with Gasteiger partial charge in [-0.2, -0.15) is 0 Å². The quantitative estimate of drug-likeness (QED) is 0.514. The maximum Gasteiger partial charge on any atom is 0.251 e. The van der Waals surface area contributed by atoms with Gasteiger partial charge >= 0.3 is 0 Å². The number of hydrogen-bond acceptors (Lipinski definition) is 5. The first kappa shape index (κ1) is 21.0. The van der Waals surface area contributed by atoms with Gasteiger partial charge in [0, 0.05) is 56.5 Å². The zero-order chi connectivity index (χ0) is 21.3. The Labute approximate surface area is 183 Å². The van der Waals surface area contributed by atoms with E-state index in [1.165, 1.54) is 11.1 Å². The lowest BCUT2D eigenvalue weighted by molar-refractivity contribution is 0.0946. The fourth-order valence-electron chi connectivity index (χ4n) is 3.82. The Hall–Kier alpha value is -3.25. The molecule has 1 aliphatic heterocycles. The van der Waals surface area contributed by atoms with Crippen molar-refractivity contribution in [1.29, 1.82) is 0 Å². The number of hydrogen-bond donors (Lipinski definition) is 1. The van der Waals surface area contributed by atoms with Crippen LogP contribution in [0.25, 0.3) is 0 Å². The van der Waals surface area contributed by atoms with Gasteiger partial charge in [-0.15, -0.1) is 0 Å². The van der Waals surface area contributed by atoms with Gasteiger partial charge in [0.2, 0.25) is 0 Å². The number of benzene rings is 1. The largest absolute Gasteiger partial charge is 0.494 e. The second-order valence-corrected chi connectivity index (χ2v) is 7.77. The molecule has 2 aromatic heterocycles. The van der Waals surface area contributed by atoms with Gasteiger partial charge in [-0.05, 0) is 72.4 Å². The van der Waals surface area contributed by atoms with E-state index in [4.69, 9.17) is 4.74 Å². The molecule has 0 unspecified atom stereocenters. The molecule has 0 saturated heterocycles. The Balaban J connectivity index is 1.30. The minimum atomic E-state index is 0.00756. The molecule has 3 aromatic rings. The summed E-state index contributed by atoms with van der Waals surface area (Å²) in [6.07, 6.45) is 10.2. The molecule has 0 fully saturated rings. The van der Waals surface area contributed by atoms with Gasteiger partial charge < -0.3 is 10.1 Å². The van der Waals surface area contributed by atoms with Gasteiger partial charge in [0.15, 0.2) is 0 Å². The van der Waals surface area contributed by atoms with Crippen molar-refractivity contribution >= 4 is 5.91 Å². The number of rotatable bonds is 10. The molecule has 0 radical (unpaired) electrons. The summed E-state index contributed by atoms with van der Waals surface area (Å²) in [7, 11) is 0. The molecule has 0 atom stereocenters. The van der Waals surface area contributed by atoms with E-state index >= 15 is 0 Å². The van der Waals surface area contributed by atoms with E-state index in [9.17, 15) is 4.79 Å². The van der Waals surface area contributed by atoms with Crippen LogP contribution in [0.3, 0.4) is 0 Å². The number of nitrogens with zero attached hydrogens (tertiary/aromatic N) is 3. The first-order valence-corrected chi connectivity index (χ1v) is 10.8. The van der Waals surface area contributed by atoms with Crippen LogP contribution in [0.15, 0.2) is 67.3 Å². The molecule has 1 aliphatic rings. The minimum Gasteiger partial charge on any atom is -0.494 e. The van der Waals surface area contributed by atoms with Crippen molar-refractivity contribution in [3.63, 3.8) is 0 Å². The van der Waals surface area contributed by atoms with Crippen LogP contribution in [-0.2, 0) is 19.4 Å². The van der Waals surface area contributed by atoms with Crippen molar-refractivity contribution in [2.75, 3.05) is 26.2 Å². The predicted molar refractivity (Wildman–Crippen MR) is 120 cm³/mol. The summed E-state index contributed by atoms with van der Waals surface area (Å²) >= 11 is 0. The average Bonchev–Trinajstić information content (AvgIpc) is 2.81. The topological polar surface area (TPSA) is 67.3 Å². The van der Waals surface area contributed by atoms with E-state index in [0.29, 0.717) is 13.2 Å². The lowest BCUT2D eigenvalue weighted by Gasteiger charge is -2.23. The molecule has 4 rings (SSSR count). The molecule has 0 saturated carbocycles. The smallest absolute Gasteiger partial charge is 0.251 e. The second kappa shape index (κ2) is 10.7. The van der Waals surface area contributed by atoms with E-state index in [-0.39, 0.29) is 5.91 Å². The van der Waals surface area contributed by atoms with E-state index in [1.807, 2.05) is 49.1 Å². The Morgan fingerprint density at radius 2 is 1.90 bits per heavy atom. The average molecular weight is 417 g/mol. The molecule has 1 amide bonds. The maximum absolute atomic E-state index is 11.9. The molecule has 160 valence electrons. The number of aromatic nitrogens is 2. The van der Waals surface area contributed by atoms with Crippen LogP contribution in [0.5, 0.6) is 5.75 Å². The van der Waals surface area contributed by atoms with E-state index < -0.39 is 0 Å². The molecular formula is C25H28N4O2. The highest BCUT2D eigenvalue weighted by Crippen LogP contribution is 2.21. The summed E-state index contributed by atoms with van der Waals surface area (Å²) in [5, 5.41) is 2.87. The van der Waals surface area contributed by atoms with Gasteiger partial charge in [-0.1, -0.05) is 6.07 Å². The fourth-order valence-corrected chi connectivity index (χ4v) is 3.82. The monoisotopic (exact) mass is 416 g/mol. The van der Waals surface area contributed by atoms with Gasteiger partial charge in [-0.25, -0.2) is 0 Å². The Bertz CT molecular complexity index is 979. The number of carbonyl (C=O) groups excluding carboxylic acids is 1. The van der Waals surface area contributed by atoms with Crippen molar-refractivity contribution in [1.82, 2.24) is 20.2 Å². The summed E-state index contributed by atoms with van der Waals surface area (Å²) < 4.78 is 5.99. The summed E-state index contributed by atoms with van der Waals surface area (Å²) in [6, 6.07) is 14.0. The van der Waals surface area contributed by atoms with Crippen molar-refractivity contribution < 1.29 is 9.53 Å². The molecule has 1 aromatic carbocycles. The molecule has 0 aliphatic carbocycles. The molecule has 0 spiro atoms. The van der Waals surface area contributed by atoms with Crippen LogP contribution in [-0.4, -0.2) is 47.0 Å². The fraction of sp³-hybridized carbons (Fsp3) is 0.320. The SMILES string of the molecule is O=C1NCCc2cc(OCCCN(CCc3cccnc3)Cc3ccncc3)ccc21. The van der Waals surface area contributed by atoms with Gasteiger partial charge in [0.1, 0.15) is 5.75 Å². The highest BCUT2D eigenvalue weighted by molar-refractivity contribution is 5.96. The van der Waals surface area contributed by atoms with Crippen LogP contribution < -0.4 is 10.1 Å². The standard InChI is InChI=1S/C25H28N4O2/c30-25-24-5-4-23(17-22(24)8-13-28-25)31-16-2-14-29(19-21-6-11-26-12-7-21)15-9-20-3-1-10-27-18-20/h1,3-7,10-12,17-18H,2,8-9,13-16,19H2,(H,28,30). The summed E-state index contributed by atoms with van der Waals surface area (Å²) in [5.41, 5.74) is 4.33. The predicted octanol–water partition coefficient (Wildman–Crippen LogP) is 3.28. The second-order valence-electron chi connectivity index (χ2n) is 7.77. The van der Waals surface area contributed by atoms with Gasteiger partial charge in [-0.3, -0.25) is 19.7 Å². The number of pyridine rings is 2. The molecule has 0 bridgehead atoms. The molecule has 1 N–H and O–H groups in total. The zero-order valence-corrected chi connectivity index (χ0v) is 17.7. The highest BCUT2D eigenvalue weighted by Gasteiger charge is 2.16. The molecule has 31 heavy (non-hydrogen) atoms. The van der Waals surface area contributed by atoms with Gasteiger partial charge in [0.05, 0.1) is 6.61 Å².